The van der Waals surface area contributed by atoms with Crippen LogP contribution in [-0.2, 0) is 6.54 Å². The summed E-state index contributed by atoms with van der Waals surface area (Å²) in [6.45, 7) is 7.81. The van der Waals surface area contributed by atoms with Crippen molar-refractivity contribution in [2.24, 2.45) is 0 Å². The van der Waals surface area contributed by atoms with Crippen molar-refractivity contribution >= 4 is 11.7 Å². The Hall–Kier alpha value is -2.51. The zero-order valence-corrected chi connectivity index (χ0v) is 15.5. The summed E-state index contributed by atoms with van der Waals surface area (Å²) >= 11 is 0. The molecule has 27 heavy (non-hydrogen) atoms. The minimum atomic E-state index is 0.0974. The number of hydrogen-bond donors (Lipinski definition) is 1. The maximum atomic E-state index is 13.1. The van der Waals surface area contributed by atoms with Gasteiger partial charge in [-0.05, 0) is 29.8 Å². The standard InChI is InChI=1S/C20H26N6O/c27-20(18-2-1-5-23-19(18)25-10-8-22-9-11-25)26-14-12-24(13-15-26)16-17-3-6-21-7-4-17/h1-7,22H,8-16H2. The molecule has 2 aromatic heterocycles. The van der Waals surface area contributed by atoms with E-state index in [0.717, 1.165) is 70.3 Å². The molecule has 0 unspecified atom stereocenters. The lowest BCUT2D eigenvalue weighted by Crippen LogP contribution is -2.49. The molecule has 4 rings (SSSR count). The predicted molar refractivity (Wildman–Crippen MR) is 105 cm³/mol. The molecule has 2 aliphatic rings. The maximum Gasteiger partial charge on any atom is 0.257 e. The van der Waals surface area contributed by atoms with E-state index in [0.29, 0.717) is 0 Å². The van der Waals surface area contributed by atoms with E-state index < -0.39 is 0 Å². The van der Waals surface area contributed by atoms with Gasteiger partial charge in [0.15, 0.2) is 0 Å². The highest BCUT2D eigenvalue weighted by Crippen LogP contribution is 2.20. The zero-order chi connectivity index (χ0) is 18.5. The van der Waals surface area contributed by atoms with Gasteiger partial charge in [0.05, 0.1) is 5.56 Å². The van der Waals surface area contributed by atoms with E-state index in [4.69, 9.17) is 0 Å². The van der Waals surface area contributed by atoms with Crippen LogP contribution in [0.25, 0.3) is 0 Å². The second-order valence-corrected chi connectivity index (χ2v) is 7.04. The fourth-order valence-electron chi connectivity index (χ4n) is 3.72. The summed E-state index contributed by atoms with van der Waals surface area (Å²) in [5.74, 6) is 0.920. The molecule has 0 aromatic carbocycles. The summed E-state index contributed by atoms with van der Waals surface area (Å²) < 4.78 is 0. The number of nitrogens with one attached hydrogen (secondary N) is 1. The second kappa shape index (κ2) is 8.45. The Labute approximate surface area is 160 Å². The van der Waals surface area contributed by atoms with Crippen LogP contribution in [0.3, 0.4) is 0 Å². The highest BCUT2D eigenvalue weighted by atomic mass is 16.2. The predicted octanol–water partition coefficient (Wildman–Crippen LogP) is 0.844. The molecule has 7 heteroatoms. The van der Waals surface area contributed by atoms with Gasteiger partial charge in [0.25, 0.3) is 5.91 Å². The summed E-state index contributed by atoms with van der Waals surface area (Å²) in [7, 11) is 0. The van der Waals surface area contributed by atoms with Crippen LogP contribution in [0, 0.1) is 0 Å². The van der Waals surface area contributed by atoms with E-state index in [2.05, 4.69) is 25.1 Å². The quantitative estimate of drug-likeness (QED) is 0.865. The van der Waals surface area contributed by atoms with Gasteiger partial charge in [0.2, 0.25) is 0 Å². The molecule has 0 atom stereocenters. The molecule has 2 aromatic rings. The van der Waals surface area contributed by atoms with Crippen molar-refractivity contribution in [3.63, 3.8) is 0 Å². The zero-order valence-electron chi connectivity index (χ0n) is 15.5. The molecule has 0 bridgehead atoms. The van der Waals surface area contributed by atoms with E-state index in [1.165, 1.54) is 5.56 Å². The minimum absolute atomic E-state index is 0.0974. The number of aromatic nitrogens is 2. The third kappa shape index (κ3) is 4.26. The number of hydrogen-bond acceptors (Lipinski definition) is 6. The number of nitrogens with zero attached hydrogens (tertiary/aromatic N) is 5. The number of anilines is 1. The molecule has 1 amide bonds. The molecule has 0 spiro atoms. The summed E-state index contributed by atoms with van der Waals surface area (Å²) in [6, 6.07) is 7.87. The summed E-state index contributed by atoms with van der Waals surface area (Å²) in [5, 5.41) is 3.35. The molecule has 2 aliphatic heterocycles. The van der Waals surface area contributed by atoms with Crippen molar-refractivity contribution in [2.75, 3.05) is 57.3 Å². The lowest BCUT2D eigenvalue weighted by Gasteiger charge is -2.36. The van der Waals surface area contributed by atoms with Gasteiger partial charge in [0, 0.05) is 77.5 Å². The van der Waals surface area contributed by atoms with Gasteiger partial charge >= 0.3 is 0 Å². The van der Waals surface area contributed by atoms with Crippen LogP contribution in [0.15, 0.2) is 42.9 Å². The number of pyridine rings is 2. The van der Waals surface area contributed by atoms with Crippen LogP contribution >= 0.6 is 0 Å². The van der Waals surface area contributed by atoms with Gasteiger partial charge in [0.1, 0.15) is 5.82 Å². The number of carbonyl (C=O) groups excluding carboxylic acids is 1. The lowest BCUT2D eigenvalue weighted by molar-refractivity contribution is 0.0628. The molecule has 4 heterocycles. The molecule has 142 valence electrons. The highest BCUT2D eigenvalue weighted by molar-refractivity contribution is 5.99. The molecule has 0 saturated carbocycles. The van der Waals surface area contributed by atoms with E-state index in [9.17, 15) is 4.79 Å². The van der Waals surface area contributed by atoms with Crippen LogP contribution in [0.1, 0.15) is 15.9 Å². The van der Waals surface area contributed by atoms with Gasteiger partial charge < -0.3 is 15.1 Å². The first kappa shape index (κ1) is 17.9. The van der Waals surface area contributed by atoms with Crippen LogP contribution in [0.5, 0.6) is 0 Å². The Balaban J connectivity index is 1.39. The fourth-order valence-corrected chi connectivity index (χ4v) is 3.72. The topological polar surface area (TPSA) is 64.6 Å². The Kier molecular flexibility index (Phi) is 5.60. The summed E-state index contributed by atoms with van der Waals surface area (Å²) in [5.41, 5.74) is 1.99. The first-order valence-corrected chi connectivity index (χ1v) is 9.62. The molecule has 7 nitrogen and oxygen atoms in total. The Morgan fingerprint density at radius 2 is 1.70 bits per heavy atom. The summed E-state index contributed by atoms with van der Waals surface area (Å²) in [4.78, 5) is 28.3. The molecule has 0 radical (unpaired) electrons. The molecular weight excluding hydrogens is 340 g/mol. The number of piperazine rings is 2. The fraction of sp³-hybridized carbons (Fsp3) is 0.450. The van der Waals surface area contributed by atoms with Crippen molar-refractivity contribution in [1.29, 1.82) is 0 Å². The van der Waals surface area contributed by atoms with Crippen molar-refractivity contribution in [1.82, 2.24) is 25.1 Å². The monoisotopic (exact) mass is 366 g/mol. The third-order valence-corrected chi connectivity index (χ3v) is 5.25. The van der Waals surface area contributed by atoms with Crippen molar-refractivity contribution in [3.05, 3.63) is 54.0 Å². The Bertz CT molecular complexity index is 754. The minimum Gasteiger partial charge on any atom is -0.353 e. The van der Waals surface area contributed by atoms with Gasteiger partial charge in [-0.2, -0.15) is 0 Å². The summed E-state index contributed by atoms with van der Waals surface area (Å²) in [6.07, 6.45) is 5.44. The first-order valence-electron chi connectivity index (χ1n) is 9.62. The van der Waals surface area contributed by atoms with Crippen LogP contribution in [0.2, 0.25) is 0 Å². The third-order valence-electron chi connectivity index (χ3n) is 5.25. The lowest BCUT2D eigenvalue weighted by atomic mass is 10.1. The van der Waals surface area contributed by atoms with Crippen molar-refractivity contribution in [3.8, 4) is 0 Å². The van der Waals surface area contributed by atoms with E-state index in [-0.39, 0.29) is 5.91 Å². The highest BCUT2D eigenvalue weighted by Gasteiger charge is 2.26. The average molecular weight is 366 g/mol. The first-order chi connectivity index (χ1) is 13.3. The largest absolute Gasteiger partial charge is 0.353 e. The molecule has 1 N–H and O–H groups in total. The second-order valence-electron chi connectivity index (χ2n) is 7.04. The SMILES string of the molecule is O=C(c1cccnc1N1CCNCC1)N1CCN(Cc2ccncc2)CC1. The van der Waals surface area contributed by atoms with Crippen LogP contribution < -0.4 is 10.2 Å². The van der Waals surface area contributed by atoms with Crippen molar-refractivity contribution < 1.29 is 4.79 Å². The molecule has 2 saturated heterocycles. The normalized spacial score (nSPS) is 18.5. The van der Waals surface area contributed by atoms with Gasteiger partial charge in [-0.15, -0.1) is 0 Å². The molecule has 0 aliphatic carbocycles. The van der Waals surface area contributed by atoms with Crippen LogP contribution in [0.4, 0.5) is 5.82 Å². The van der Waals surface area contributed by atoms with Crippen molar-refractivity contribution in [2.45, 2.75) is 6.54 Å². The van der Waals surface area contributed by atoms with Gasteiger partial charge in [-0.3, -0.25) is 14.7 Å². The van der Waals surface area contributed by atoms with Gasteiger partial charge in [-0.1, -0.05) is 0 Å². The number of rotatable bonds is 4. The number of carbonyl (C=O) groups is 1. The Morgan fingerprint density at radius 3 is 2.44 bits per heavy atom. The number of amides is 1. The maximum absolute atomic E-state index is 13.1. The smallest absolute Gasteiger partial charge is 0.257 e. The van der Waals surface area contributed by atoms with Gasteiger partial charge in [-0.25, -0.2) is 4.98 Å². The molecule has 2 fully saturated rings. The van der Waals surface area contributed by atoms with E-state index in [1.54, 1.807) is 6.20 Å². The van der Waals surface area contributed by atoms with Crippen LogP contribution in [-0.4, -0.2) is 78.0 Å². The average Bonchev–Trinajstić information content (AvgIpc) is 2.75. The molecular formula is C20H26N6O. The van der Waals surface area contributed by atoms with E-state index >= 15 is 0 Å². The Morgan fingerprint density at radius 1 is 0.963 bits per heavy atom. The van der Waals surface area contributed by atoms with E-state index in [1.807, 2.05) is 41.6 Å².